The van der Waals surface area contributed by atoms with Crippen LogP contribution >= 0.6 is 0 Å². The highest BCUT2D eigenvalue weighted by molar-refractivity contribution is 5.47. The fraction of sp³-hybridized carbons (Fsp3) is 0.333. The summed E-state index contributed by atoms with van der Waals surface area (Å²) in [6, 6.07) is 11.7. The third-order valence-electron chi connectivity index (χ3n) is 3.88. The van der Waals surface area contributed by atoms with Crippen LogP contribution in [0.2, 0.25) is 0 Å². The molecular formula is C18H22O3. The van der Waals surface area contributed by atoms with Crippen LogP contribution in [0.4, 0.5) is 0 Å². The van der Waals surface area contributed by atoms with E-state index in [0.29, 0.717) is 6.42 Å². The van der Waals surface area contributed by atoms with Gasteiger partial charge in [0.2, 0.25) is 0 Å². The molecule has 0 radical (unpaired) electrons. The van der Waals surface area contributed by atoms with Crippen molar-refractivity contribution in [2.24, 2.45) is 0 Å². The van der Waals surface area contributed by atoms with Gasteiger partial charge >= 0.3 is 0 Å². The Morgan fingerprint density at radius 1 is 1.00 bits per heavy atom. The molecule has 0 bridgehead atoms. The first-order chi connectivity index (χ1) is 10.1. The Hall–Kier alpha value is -2.00. The Morgan fingerprint density at radius 2 is 1.71 bits per heavy atom. The van der Waals surface area contributed by atoms with E-state index in [1.807, 2.05) is 50.2 Å². The van der Waals surface area contributed by atoms with Crippen LogP contribution in [0.5, 0.6) is 11.5 Å². The summed E-state index contributed by atoms with van der Waals surface area (Å²) < 4.78 is 10.8. The molecular weight excluding hydrogens is 264 g/mol. The molecule has 3 nitrogen and oxygen atoms in total. The number of para-hydroxylation sites is 1. The first kappa shape index (κ1) is 15.4. The normalized spacial score (nSPS) is 12.0. The SMILES string of the molecule is COc1ccccc1CC(O)c1ccc(C)c(C)c1OC. The molecule has 1 unspecified atom stereocenters. The Morgan fingerprint density at radius 3 is 2.38 bits per heavy atom. The number of rotatable bonds is 5. The Kier molecular flexibility index (Phi) is 4.86. The monoisotopic (exact) mass is 286 g/mol. The molecule has 0 fully saturated rings. The fourth-order valence-corrected chi connectivity index (χ4v) is 2.53. The zero-order chi connectivity index (χ0) is 15.4. The highest BCUT2D eigenvalue weighted by Crippen LogP contribution is 2.33. The first-order valence-electron chi connectivity index (χ1n) is 7.02. The van der Waals surface area contributed by atoms with Gasteiger partial charge in [-0.25, -0.2) is 0 Å². The third-order valence-corrected chi connectivity index (χ3v) is 3.88. The van der Waals surface area contributed by atoms with Crippen LogP contribution in [0.1, 0.15) is 28.4 Å². The van der Waals surface area contributed by atoms with E-state index >= 15 is 0 Å². The van der Waals surface area contributed by atoms with Crippen molar-refractivity contribution in [1.82, 2.24) is 0 Å². The molecule has 1 atom stereocenters. The van der Waals surface area contributed by atoms with Crippen LogP contribution in [0, 0.1) is 13.8 Å². The molecule has 21 heavy (non-hydrogen) atoms. The summed E-state index contributed by atoms with van der Waals surface area (Å²) in [5.41, 5.74) is 4.01. The van der Waals surface area contributed by atoms with E-state index in [1.54, 1.807) is 14.2 Å². The van der Waals surface area contributed by atoms with E-state index in [9.17, 15) is 5.11 Å². The molecule has 1 N–H and O–H groups in total. The van der Waals surface area contributed by atoms with Gasteiger partial charge in [0.15, 0.2) is 0 Å². The van der Waals surface area contributed by atoms with Gasteiger partial charge in [0.05, 0.1) is 20.3 Å². The zero-order valence-corrected chi connectivity index (χ0v) is 13.0. The maximum Gasteiger partial charge on any atom is 0.127 e. The smallest absolute Gasteiger partial charge is 0.127 e. The molecule has 3 heteroatoms. The van der Waals surface area contributed by atoms with E-state index in [2.05, 4.69) is 0 Å². The van der Waals surface area contributed by atoms with Gasteiger partial charge in [-0.05, 0) is 36.6 Å². The minimum Gasteiger partial charge on any atom is -0.496 e. The highest BCUT2D eigenvalue weighted by atomic mass is 16.5. The summed E-state index contributed by atoms with van der Waals surface area (Å²) >= 11 is 0. The third kappa shape index (κ3) is 3.19. The van der Waals surface area contributed by atoms with Crippen LogP contribution in [0.3, 0.4) is 0 Å². The van der Waals surface area contributed by atoms with Crippen molar-refractivity contribution >= 4 is 0 Å². The topological polar surface area (TPSA) is 38.7 Å². The number of aliphatic hydroxyl groups excluding tert-OH is 1. The first-order valence-corrected chi connectivity index (χ1v) is 7.02. The molecule has 0 heterocycles. The van der Waals surface area contributed by atoms with Crippen LogP contribution in [-0.2, 0) is 6.42 Å². The average molecular weight is 286 g/mol. The van der Waals surface area contributed by atoms with Crippen molar-refractivity contribution in [2.45, 2.75) is 26.4 Å². The molecule has 2 aromatic carbocycles. The van der Waals surface area contributed by atoms with Crippen molar-refractivity contribution in [1.29, 1.82) is 0 Å². The van der Waals surface area contributed by atoms with Gasteiger partial charge in [0, 0.05) is 12.0 Å². The van der Waals surface area contributed by atoms with Gasteiger partial charge in [-0.15, -0.1) is 0 Å². The Balaban J connectivity index is 2.32. The standard InChI is InChI=1S/C18H22O3/c1-12-9-10-15(18(21-4)13(12)2)16(19)11-14-7-5-6-8-17(14)20-3/h5-10,16,19H,11H2,1-4H3. The lowest BCUT2D eigenvalue weighted by Crippen LogP contribution is -2.07. The van der Waals surface area contributed by atoms with E-state index in [0.717, 1.165) is 33.8 Å². The summed E-state index contributed by atoms with van der Waals surface area (Å²) in [6.07, 6.45) is -0.140. The second kappa shape index (κ2) is 6.64. The molecule has 2 rings (SSSR count). The van der Waals surface area contributed by atoms with Gasteiger partial charge in [-0.2, -0.15) is 0 Å². The zero-order valence-electron chi connectivity index (χ0n) is 13.0. The van der Waals surface area contributed by atoms with Gasteiger partial charge < -0.3 is 14.6 Å². The summed E-state index contributed by atoms with van der Waals surface area (Å²) in [5.74, 6) is 1.55. The number of aryl methyl sites for hydroxylation is 1. The molecule has 0 saturated carbocycles. The maximum atomic E-state index is 10.6. The number of hydrogen-bond acceptors (Lipinski definition) is 3. The lowest BCUT2D eigenvalue weighted by Gasteiger charge is -2.19. The van der Waals surface area contributed by atoms with Gasteiger partial charge in [0.25, 0.3) is 0 Å². The van der Waals surface area contributed by atoms with Crippen molar-refractivity contribution in [3.8, 4) is 11.5 Å². The van der Waals surface area contributed by atoms with Crippen LogP contribution in [0.25, 0.3) is 0 Å². The van der Waals surface area contributed by atoms with Crippen molar-refractivity contribution in [3.05, 3.63) is 58.7 Å². The van der Waals surface area contributed by atoms with Crippen LogP contribution in [-0.4, -0.2) is 19.3 Å². The second-order valence-corrected chi connectivity index (χ2v) is 5.16. The van der Waals surface area contributed by atoms with Crippen molar-refractivity contribution in [3.63, 3.8) is 0 Å². The number of methoxy groups -OCH3 is 2. The Labute approximate surface area is 126 Å². The van der Waals surface area contributed by atoms with E-state index in [-0.39, 0.29) is 0 Å². The van der Waals surface area contributed by atoms with E-state index in [4.69, 9.17) is 9.47 Å². The minimum absolute atomic E-state index is 0.489. The lowest BCUT2D eigenvalue weighted by molar-refractivity contribution is 0.172. The molecule has 0 aromatic heterocycles. The number of aliphatic hydroxyl groups is 1. The summed E-state index contributed by atoms with van der Waals surface area (Å²) in [5, 5.41) is 10.6. The van der Waals surface area contributed by atoms with Crippen LogP contribution < -0.4 is 9.47 Å². The molecule has 0 aliphatic heterocycles. The van der Waals surface area contributed by atoms with Crippen molar-refractivity contribution in [2.75, 3.05) is 14.2 Å². The predicted octanol–water partition coefficient (Wildman–Crippen LogP) is 3.60. The Bertz CT molecular complexity index is 620. The average Bonchev–Trinajstić information content (AvgIpc) is 2.50. The molecule has 0 aliphatic carbocycles. The molecule has 0 amide bonds. The van der Waals surface area contributed by atoms with Crippen LogP contribution in [0.15, 0.2) is 36.4 Å². The molecule has 112 valence electrons. The second-order valence-electron chi connectivity index (χ2n) is 5.16. The van der Waals surface area contributed by atoms with E-state index in [1.165, 1.54) is 0 Å². The molecule has 2 aromatic rings. The maximum absolute atomic E-state index is 10.6. The van der Waals surface area contributed by atoms with Gasteiger partial charge in [-0.3, -0.25) is 0 Å². The molecule has 0 saturated heterocycles. The quantitative estimate of drug-likeness (QED) is 0.912. The fourth-order valence-electron chi connectivity index (χ4n) is 2.53. The lowest BCUT2D eigenvalue weighted by atomic mass is 9.96. The van der Waals surface area contributed by atoms with Gasteiger partial charge in [0.1, 0.15) is 11.5 Å². The summed E-state index contributed by atoms with van der Waals surface area (Å²) in [7, 11) is 3.28. The predicted molar refractivity (Wildman–Crippen MR) is 84.1 cm³/mol. The number of ether oxygens (including phenoxy) is 2. The summed E-state index contributed by atoms with van der Waals surface area (Å²) in [4.78, 5) is 0. The largest absolute Gasteiger partial charge is 0.496 e. The molecule has 0 aliphatic rings. The molecule has 0 spiro atoms. The number of hydrogen-bond donors (Lipinski definition) is 1. The van der Waals surface area contributed by atoms with Gasteiger partial charge in [-0.1, -0.05) is 30.3 Å². The van der Waals surface area contributed by atoms with Crippen molar-refractivity contribution < 1.29 is 14.6 Å². The summed E-state index contributed by atoms with van der Waals surface area (Å²) in [6.45, 7) is 4.04. The minimum atomic E-state index is -0.629. The number of benzene rings is 2. The highest BCUT2D eigenvalue weighted by Gasteiger charge is 2.18. The van der Waals surface area contributed by atoms with E-state index < -0.39 is 6.10 Å².